The molecule has 0 aliphatic carbocycles. The Hall–Kier alpha value is -1.35. The second kappa shape index (κ2) is 5.53. The molecule has 0 radical (unpaired) electrons. The molecule has 1 saturated heterocycles. The topological polar surface area (TPSA) is 95.9 Å². The first-order valence-electron chi connectivity index (χ1n) is 5.12. The molecule has 0 bridgehead atoms. The Morgan fingerprint density at radius 1 is 1.33 bits per heavy atom. The minimum absolute atomic E-state index is 0.116. The number of hydrogen-bond donors (Lipinski definition) is 3. The van der Waals surface area contributed by atoms with Crippen LogP contribution >= 0.6 is 0 Å². The average Bonchev–Trinajstić information content (AvgIpc) is 2.73. The van der Waals surface area contributed by atoms with Crippen molar-refractivity contribution in [3.05, 3.63) is 0 Å². The SMILES string of the molecule is O=C(O)C1CCC(C(=O)NCC(O)C(F)(F)F)O1. The van der Waals surface area contributed by atoms with Crippen LogP contribution in [0.3, 0.4) is 0 Å². The second-order valence-electron chi connectivity index (χ2n) is 3.83. The van der Waals surface area contributed by atoms with E-state index in [9.17, 15) is 22.8 Å². The van der Waals surface area contributed by atoms with Gasteiger partial charge in [0, 0.05) is 0 Å². The van der Waals surface area contributed by atoms with Crippen molar-refractivity contribution in [3.8, 4) is 0 Å². The van der Waals surface area contributed by atoms with E-state index in [1.54, 1.807) is 0 Å². The number of rotatable bonds is 4. The summed E-state index contributed by atoms with van der Waals surface area (Å²) >= 11 is 0. The van der Waals surface area contributed by atoms with Gasteiger partial charge in [-0.2, -0.15) is 13.2 Å². The molecule has 104 valence electrons. The molecule has 18 heavy (non-hydrogen) atoms. The maximum absolute atomic E-state index is 11.9. The first-order chi connectivity index (χ1) is 8.21. The van der Waals surface area contributed by atoms with E-state index in [-0.39, 0.29) is 12.8 Å². The lowest BCUT2D eigenvalue weighted by atomic mass is 10.2. The number of carboxylic acids is 1. The molecule has 0 aromatic rings. The minimum atomic E-state index is -4.81. The Kier molecular flexibility index (Phi) is 4.52. The third-order valence-corrected chi connectivity index (χ3v) is 2.43. The van der Waals surface area contributed by atoms with Gasteiger partial charge in [0.05, 0.1) is 6.54 Å². The van der Waals surface area contributed by atoms with Crippen LogP contribution < -0.4 is 5.32 Å². The zero-order valence-electron chi connectivity index (χ0n) is 9.11. The summed E-state index contributed by atoms with van der Waals surface area (Å²) in [5.41, 5.74) is 0. The lowest BCUT2D eigenvalue weighted by Crippen LogP contribution is -2.44. The number of carbonyl (C=O) groups is 2. The third kappa shape index (κ3) is 3.84. The Morgan fingerprint density at radius 2 is 1.89 bits per heavy atom. The number of aliphatic hydroxyl groups is 1. The predicted molar refractivity (Wildman–Crippen MR) is 50.6 cm³/mol. The van der Waals surface area contributed by atoms with Crippen molar-refractivity contribution in [1.29, 1.82) is 0 Å². The molecule has 0 spiro atoms. The van der Waals surface area contributed by atoms with Crippen molar-refractivity contribution in [2.75, 3.05) is 6.54 Å². The van der Waals surface area contributed by atoms with E-state index in [1.807, 2.05) is 5.32 Å². The molecule has 1 aliphatic rings. The molecule has 3 atom stereocenters. The number of aliphatic hydroxyl groups excluding tert-OH is 1. The average molecular weight is 271 g/mol. The summed E-state index contributed by atoms with van der Waals surface area (Å²) in [4.78, 5) is 21.9. The lowest BCUT2D eigenvalue weighted by molar-refractivity contribution is -0.202. The van der Waals surface area contributed by atoms with Crippen molar-refractivity contribution in [3.63, 3.8) is 0 Å². The monoisotopic (exact) mass is 271 g/mol. The molecule has 1 fully saturated rings. The first-order valence-corrected chi connectivity index (χ1v) is 5.12. The van der Waals surface area contributed by atoms with E-state index < -0.39 is 42.9 Å². The first kappa shape index (κ1) is 14.7. The van der Waals surface area contributed by atoms with Gasteiger partial charge in [-0.3, -0.25) is 4.79 Å². The van der Waals surface area contributed by atoms with Crippen molar-refractivity contribution in [2.24, 2.45) is 0 Å². The Balaban J connectivity index is 2.37. The van der Waals surface area contributed by atoms with Gasteiger partial charge in [0.25, 0.3) is 0 Å². The Labute approximate surface area is 99.7 Å². The molecule has 3 N–H and O–H groups in total. The van der Waals surface area contributed by atoms with Crippen molar-refractivity contribution in [2.45, 2.75) is 37.3 Å². The quantitative estimate of drug-likeness (QED) is 0.650. The summed E-state index contributed by atoms with van der Waals surface area (Å²) in [6.07, 6.45) is -9.44. The maximum atomic E-state index is 11.9. The fourth-order valence-corrected chi connectivity index (χ4v) is 1.44. The smallest absolute Gasteiger partial charge is 0.416 e. The van der Waals surface area contributed by atoms with Crippen molar-refractivity contribution < 1.29 is 37.7 Å². The van der Waals surface area contributed by atoms with Crippen LogP contribution in [0, 0.1) is 0 Å². The summed E-state index contributed by atoms with van der Waals surface area (Å²) < 4.78 is 40.6. The minimum Gasteiger partial charge on any atom is -0.479 e. The molecule has 1 heterocycles. The number of nitrogens with one attached hydrogen (secondary N) is 1. The van der Waals surface area contributed by atoms with Crippen molar-refractivity contribution >= 4 is 11.9 Å². The third-order valence-electron chi connectivity index (χ3n) is 2.43. The van der Waals surface area contributed by atoms with Crippen LogP contribution in [0.5, 0.6) is 0 Å². The molecule has 6 nitrogen and oxygen atoms in total. The van der Waals surface area contributed by atoms with Crippen LogP contribution in [0.15, 0.2) is 0 Å². The summed E-state index contributed by atoms with van der Waals surface area (Å²) in [7, 11) is 0. The van der Waals surface area contributed by atoms with Gasteiger partial charge in [0.1, 0.15) is 6.10 Å². The van der Waals surface area contributed by atoms with Gasteiger partial charge in [0.15, 0.2) is 12.2 Å². The van der Waals surface area contributed by atoms with E-state index >= 15 is 0 Å². The van der Waals surface area contributed by atoms with Crippen LogP contribution in [0.25, 0.3) is 0 Å². The zero-order valence-corrected chi connectivity index (χ0v) is 9.11. The van der Waals surface area contributed by atoms with Gasteiger partial charge >= 0.3 is 12.1 Å². The highest BCUT2D eigenvalue weighted by Gasteiger charge is 2.39. The van der Waals surface area contributed by atoms with Gasteiger partial charge in [0.2, 0.25) is 5.91 Å². The largest absolute Gasteiger partial charge is 0.479 e. The molecule has 0 aromatic carbocycles. The van der Waals surface area contributed by atoms with Crippen LogP contribution in [-0.2, 0) is 14.3 Å². The molecule has 0 saturated carbocycles. The summed E-state index contributed by atoms with van der Waals surface area (Å²) in [6, 6.07) is 0. The second-order valence-corrected chi connectivity index (χ2v) is 3.83. The number of halogens is 3. The van der Waals surface area contributed by atoms with Crippen molar-refractivity contribution in [1.82, 2.24) is 5.32 Å². The lowest BCUT2D eigenvalue weighted by Gasteiger charge is -2.16. The highest BCUT2D eigenvalue weighted by Crippen LogP contribution is 2.21. The van der Waals surface area contributed by atoms with E-state index in [2.05, 4.69) is 0 Å². The van der Waals surface area contributed by atoms with Gasteiger partial charge in [-0.25, -0.2) is 4.79 Å². The van der Waals surface area contributed by atoms with E-state index in [4.69, 9.17) is 14.9 Å². The molecular formula is C9H12F3NO5. The Bertz CT molecular complexity index is 333. The Morgan fingerprint density at radius 3 is 2.33 bits per heavy atom. The standard InChI is InChI=1S/C9H12F3NO5/c10-9(11,12)6(14)3-13-7(15)4-1-2-5(18-4)8(16)17/h4-6,14H,1-3H2,(H,13,15)(H,16,17). The molecule has 3 unspecified atom stereocenters. The normalized spacial score (nSPS) is 25.8. The van der Waals surface area contributed by atoms with Crippen LogP contribution in [0.2, 0.25) is 0 Å². The highest BCUT2D eigenvalue weighted by molar-refractivity contribution is 5.82. The summed E-state index contributed by atoms with van der Waals surface area (Å²) in [5.74, 6) is -2.08. The fraction of sp³-hybridized carbons (Fsp3) is 0.778. The van der Waals surface area contributed by atoms with Gasteiger partial charge < -0.3 is 20.3 Å². The number of alkyl halides is 3. The van der Waals surface area contributed by atoms with E-state index in [1.165, 1.54) is 0 Å². The van der Waals surface area contributed by atoms with Gasteiger partial charge in [-0.15, -0.1) is 0 Å². The van der Waals surface area contributed by atoms with Gasteiger partial charge in [-0.05, 0) is 12.8 Å². The van der Waals surface area contributed by atoms with E-state index in [0.29, 0.717) is 0 Å². The fourth-order valence-electron chi connectivity index (χ4n) is 1.44. The molecule has 1 aliphatic heterocycles. The maximum Gasteiger partial charge on any atom is 0.416 e. The molecule has 9 heteroatoms. The highest BCUT2D eigenvalue weighted by atomic mass is 19.4. The number of carbonyl (C=O) groups excluding carboxylic acids is 1. The molecular weight excluding hydrogens is 259 g/mol. The summed E-state index contributed by atoms with van der Waals surface area (Å²) in [5, 5.41) is 19.1. The number of aliphatic carboxylic acids is 1. The number of carboxylic acid groups (broad SMARTS) is 1. The molecule has 0 aromatic heterocycles. The molecule has 1 rings (SSSR count). The molecule has 1 amide bonds. The van der Waals surface area contributed by atoms with Crippen LogP contribution in [0.1, 0.15) is 12.8 Å². The number of ether oxygens (including phenoxy) is 1. The van der Waals surface area contributed by atoms with E-state index in [0.717, 1.165) is 0 Å². The van der Waals surface area contributed by atoms with Gasteiger partial charge in [-0.1, -0.05) is 0 Å². The van der Waals surface area contributed by atoms with Crippen LogP contribution in [-0.4, -0.2) is 53.1 Å². The zero-order chi connectivity index (χ0) is 13.9. The van der Waals surface area contributed by atoms with Crippen LogP contribution in [0.4, 0.5) is 13.2 Å². The number of amides is 1. The predicted octanol–water partition coefficient (Wildman–Crippen LogP) is -0.342. The summed E-state index contributed by atoms with van der Waals surface area (Å²) in [6.45, 7) is -0.986. The number of hydrogen-bond acceptors (Lipinski definition) is 4.